The fourth-order valence-corrected chi connectivity index (χ4v) is 2.77. The molecule has 0 spiro atoms. The highest BCUT2D eigenvalue weighted by Gasteiger charge is 2.07. The molecule has 2 aromatic rings. The molecule has 0 amide bonds. The van der Waals surface area contributed by atoms with E-state index in [1.54, 1.807) is 24.9 Å². The van der Waals surface area contributed by atoms with E-state index < -0.39 is 0 Å². The van der Waals surface area contributed by atoms with E-state index in [2.05, 4.69) is 23.8 Å². The van der Waals surface area contributed by atoms with Crippen molar-refractivity contribution in [3.8, 4) is 5.75 Å². The number of thioether (sulfide) groups is 1. The van der Waals surface area contributed by atoms with Crippen LogP contribution in [0.3, 0.4) is 0 Å². The van der Waals surface area contributed by atoms with Gasteiger partial charge in [0.2, 0.25) is 0 Å². The quantitative estimate of drug-likeness (QED) is 0.657. The second kappa shape index (κ2) is 7.31. The Morgan fingerprint density at radius 2 is 2.19 bits per heavy atom. The summed E-state index contributed by atoms with van der Waals surface area (Å²) >= 11 is 1.60. The van der Waals surface area contributed by atoms with E-state index in [1.807, 2.05) is 24.3 Å². The van der Waals surface area contributed by atoms with Crippen LogP contribution in [0.1, 0.15) is 31.5 Å². The highest BCUT2D eigenvalue weighted by Crippen LogP contribution is 2.21. The van der Waals surface area contributed by atoms with E-state index in [1.165, 1.54) is 0 Å². The first-order chi connectivity index (χ1) is 10.1. The van der Waals surface area contributed by atoms with Crippen LogP contribution >= 0.6 is 11.8 Å². The lowest BCUT2D eigenvalue weighted by Gasteiger charge is -2.09. The molecule has 1 atom stereocenters. The maximum Gasteiger partial charge on any atom is 0.251 e. The summed E-state index contributed by atoms with van der Waals surface area (Å²) in [6.45, 7) is 4.25. The van der Waals surface area contributed by atoms with Crippen LogP contribution in [0.25, 0.3) is 0 Å². The minimum atomic E-state index is -0.103. The number of hydrogen-bond donors (Lipinski definition) is 1. The van der Waals surface area contributed by atoms with Gasteiger partial charge in [-0.3, -0.25) is 4.79 Å². The van der Waals surface area contributed by atoms with Crippen LogP contribution in [0.15, 0.2) is 40.3 Å². The summed E-state index contributed by atoms with van der Waals surface area (Å²) in [5.41, 5.74) is 1.75. The minimum absolute atomic E-state index is 0.103. The Hall–Kier alpha value is -1.75. The summed E-state index contributed by atoms with van der Waals surface area (Å²) in [5.74, 6) is 0.812. The number of nitrogens with zero attached hydrogens (tertiary/aromatic N) is 1. The number of ether oxygens (including phenoxy) is 1. The third-order valence-electron chi connectivity index (χ3n) is 3.18. The zero-order valence-electron chi connectivity index (χ0n) is 12.6. The molecule has 1 aromatic carbocycles. The molecule has 0 aliphatic heterocycles. The minimum Gasteiger partial charge on any atom is -0.497 e. The van der Waals surface area contributed by atoms with Gasteiger partial charge in [-0.05, 0) is 24.1 Å². The topological polar surface area (TPSA) is 55.0 Å². The Bertz CT molecular complexity index is 655. The highest BCUT2D eigenvalue weighted by molar-refractivity contribution is 7.99. The number of hydrogen-bond acceptors (Lipinski definition) is 4. The van der Waals surface area contributed by atoms with Crippen LogP contribution in [0.2, 0.25) is 0 Å². The van der Waals surface area contributed by atoms with Crippen molar-refractivity contribution in [2.75, 3.05) is 7.11 Å². The third kappa shape index (κ3) is 4.63. The molecule has 1 unspecified atom stereocenters. The molecule has 21 heavy (non-hydrogen) atoms. The monoisotopic (exact) mass is 304 g/mol. The molecule has 1 N–H and O–H groups in total. The lowest BCUT2D eigenvalue weighted by Crippen LogP contribution is -2.11. The maximum atomic E-state index is 11.8. The zero-order chi connectivity index (χ0) is 15.2. The van der Waals surface area contributed by atoms with Gasteiger partial charge in [0, 0.05) is 17.7 Å². The first-order valence-corrected chi connectivity index (χ1v) is 7.88. The Morgan fingerprint density at radius 1 is 1.38 bits per heavy atom. The Kier molecular flexibility index (Phi) is 5.44. The molecule has 1 aromatic heterocycles. The molecule has 0 saturated carbocycles. The van der Waals surface area contributed by atoms with Gasteiger partial charge in [-0.15, -0.1) is 0 Å². The van der Waals surface area contributed by atoms with E-state index >= 15 is 0 Å². The number of aromatic amines is 1. The Morgan fingerprint density at radius 3 is 2.90 bits per heavy atom. The number of rotatable bonds is 6. The molecule has 0 saturated heterocycles. The average molecular weight is 304 g/mol. The van der Waals surface area contributed by atoms with Gasteiger partial charge in [0.15, 0.2) is 5.16 Å². The van der Waals surface area contributed by atoms with Crippen molar-refractivity contribution in [3.63, 3.8) is 0 Å². The van der Waals surface area contributed by atoms with Crippen molar-refractivity contribution in [2.45, 2.75) is 37.1 Å². The third-order valence-corrected chi connectivity index (χ3v) is 4.33. The van der Waals surface area contributed by atoms with Gasteiger partial charge in [-0.1, -0.05) is 37.7 Å². The summed E-state index contributed by atoms with van der Waals surface area (Å²) < 4.78 is 5.21. The maximum absolute atomic E-state index is 11.8. The van der Waals surface area contributed by atoms with Crippen molar-refractivity contribution < 1.29 is 4.74 Å². The van der Waals surface area contributed by atoms with Crippen LogP contribution in [0.4, 0.5) is 0 Å². The molecule has 0 aliphatic rings. The molecule has 4 nitrogen and oxygen atoms in total. The highest BCUT2D eigenvalue weighted by atomic mass is 32.2. The van der Waals surface area contributed by atoms with Gasteiger partial charge in [-0.25, -0.2) is 4.98 Å². The number of aromatic nitrogens is 2. The van der Waals surface area contributed by atoms with Gasteiger partial charge < -0.3 is 9.72 Å². The number of H-pyrrole nitrogens is 1. The summed E-state index contributed by atoms with van der Waals surface area (Å²) in [6.07, 6.45) is 1.66. The van der Waals surface area contributed by atoms with E-state index in [0.29, 0.717) is 16.8 Å². The number of methoxy groups -OCH3 is 1. The summed E-state index contributed by atoms with van der Waals surface area (Å²) in [5, 5.41) is 1.12. The fourth-order valence-electron chi connectivity index (χ4n) is 1.90. The van der Waals surface area contributed by atoms with Crippen LogP contribution in [0.5, 0.6) is 5.75 Å². The molecule has 0 bridgehead atoms. The van der Waals surface area contributed by atoms with Crippen LogP contribution in [-0.4, -0.2) is 22.3 Å². The number of nitrogens with one attached hydrogen (secondary N) is 1. The molecule has 1 heterocycles. The van der Waals surface area contributed by atoms with Gasteiger partial charge in [0.05, 0.1) is 12.8 Å². The average Bonchev–Trinajstić information content (AvgIpc) is 2.46. The largest absolute Gasteiger partial charge is 0.497 e. The van der Waals surface area contributed by atoms with Crippen molar-refractivity contribution in [1.82, 2.24) is 9.97 Å². The fraction of sp³-hybridized carbons (Fsp3) is 0.375. The second-order valence-electron chi connectivity index (χ2n) is 4.91. The first-order valence-electron chi connectivity index (χ1n) is 7.00. The second-order valence-corrected chi connectivity index (χ2v) is 6.33. The number of benzene rings is 1. The smallest absolute Gasteiger partial charge is 0.251 e. The van der Waals surface area contributed by atoms with Crippen LogP contribution in [-0.2, 0) is 6.42 Å². The van der Waals surface area contributed by atoms with Gasteiger partial charge >= 0.3 is 0 Å². The van der Waals surface area contributed by atoms with Crippen molar-refractivity contribution >= 4 is 11.8 Å². The van der Waals surface area contributed by atoms with Crippen molar-refractivity contribution in [1.29, 1.82) is 0 Å². The van der Waals surface area contributed by atoms with Crippen molar-refractivity contribution in [3.05, 3.63) is 51.9 Å². The Balaban J connectivity index is 2.21. The molecule has 2 rings (SSSR count). The first kappa shape index (κ1) is 15.6. The van der Waals surface area contributed by atoms with E-state index in [0.717, 1.165) is 23.4 Å². The molecule has 0 aliphatic carbocycles. The molecule has 0 fully saturated rings. The molecule has 112 valence electrons. The summed E-state index contributed by atoms with van der Waals surface area (Å²) in [6, 6.07) is 9.37. The van der Waals surface area contributed by atoms with Crippen LogP contribution < -0.4 is 10.3 Å². The normalized spacial score (nSPS) is 12.1. The predicted octanol–water partition coefficient (Wildman–Crippen LogP) is 3.26. The van der Waals surface area contributed by atoms with Gasteiger partial charge in [0.25, 0.3) is 5.56 Å². The summed E-state index contributed by atoms with van der Waals surface area (Å²) in [7, 11) is 1.64. The van der Waals surface area contributed by atoms with E-state index in [-0.39, 0.29) is 5.56 Å². The molecule has 0 radical (unpaired) electrons. The van der Waals surface area contributed by atoms with E-state index in [9.17, 15) is 4.79 Å². The molecule has 5 heteroatoms. The van der Waals surface area contributed by atoms with E-state index in [4.69, 9.17) is 4.74 Å². The molecular formula is C16H20N2O2S. The van der Waals surface area contributed by atoms with Crippen LogP contribution in [0, 0.1) is 0 Å². The Labute approximate surface area is 129 Å². The summed E-state index contributed by atoms with van der Waals surface area (Å²) in [4.78, 5) is 19.1. The lowest BCUT2D eigenvalue weighted by atomic mass is 10.1. The zero-order valence-corrected chi connectivity index (χ0v) is 13.4. The molecular weight excluding hydrogens is 284 g/mol. The predicted molar refractivity (Wildman–Crippen MR) is 86.3 cm³/mol. The van der Waals surface area contributed by atoms with Gasteiger partial charge in [0.1, 0.15) is 5.75 Å². The lowest BCUT2D eigenvalue weighted by molar-refractivity contribution is 0.414. The van der Waals surface area contributed by atoms with Gasteiger partial charge in [-0.2, -0.15) is 0 Å². The van der Waals surface area contributed by atoms with Crippen molar-refractivity contribution in [2.24, 2.45) is 0 Å². The SMILES string of the molecule is CCC(C)Sc1nc(Cc2cccc(OC)c2)cc(=O)[nH]1. The standard InChI is InChI=1S/C16H20N2O2S/c1-4-11(2)21-16-17-13(10-15(19)18-16)8-12-6-5-7-14(9-12)20-3/h5-7,9-11H,4,8H2,1-3H3,(H,17,18,19).